The molecule has 8 nitrogen and oxygen atoms in total. The van der Waals surface area contributed by atoms with Crippen LogP contribution in [-0.2, 0) is 36.4 Å². The lowest BCUT2D eigenvalue weighted by molar-refractivity contribution is -0.376. The van der Waals surface area contributed by atoms with E-state index in [2.05, 4.69) is 5.32 Å². The van der Waals surface area contributed by atoms with Crippen molar-refractivity contribution in [1.82, 2.24) is 5.32 Å². The van der Waals surface area contributed by atoms with E-state index in [1.807, 2.05) is 0 Å². The number of halogens is 7. The van der Waals surface area contributed by atoms with E-state index < -0.39 is 80.2 Å². The van der Waals surface area contributed by atoms with E-state index in [9.17, 15) is 53.8 Å². The first-order chi connectivity index (χ1) is 19.2. The highest BCUT2D eigenvalue weighted by atomic mass is 32.2. The molecule has 42 heavy (non-hydrogen) atoms. The number of nitrogens with zero attached hydrogens (tertiary/aromatic N) is 1. The van der Waals surface area contributed by atoms with Gasteiger partial charge >= 0.3 is 18.3 Å². The van der Waals surface area contributed by atoms with Gasteiger partial charge in [0.1, 0.15) is 11.4 Å². The molecule has 2 aliphatic heterocycles. The normalized spacial score (nSPS) is 21.1. The summed E-state index contributed by atoms with van der Waals surface area (Å²) < 4.78 is 128. The van der Waals surface area contributed by atoms with Crippen molar-refractivity contribution in [3.05, 3.63) is 59.4 Å². The number of anilines is 1. The molecular weight excluding hydrogens is 601 g/mol. The minimum Gasteiger partial charge on any atom is -0.457 e. The highest BCUT2D eigenvalue weighted by Crippen LogP contribution is 2.51. The summed E-state index contributed by atoms with van der Waals surface area (Å²) >= 11 is 0. The van der Waals surface area contributed by atoms with Crippen molar-refractivity contribution >= 4 is 27.6 Å². The molecule has 16 heteroatoms. The van der Waals surface area contributed by atoms with Gasteiger partial charge in [-0.1, -0.05) is 12.1 Å². The lowest BCUT2D eigenvalue weighted by atomic mass is 9.87. The molecule has 2 N–H and O–H groups in total. The fraction of sp³-hybridized carbons (Fsp3) is 0.462. The van der Waals surface area contributed by atoms with Crippen LogP contribution in [0, 0.1) is 5.82 Å². The molecule has 2 aromatic rings. The number of benzene rings is 2. The van der Waals surface area contributed by atoms with Gasteiger partial charge in [-0.05, 0) is 62.6 Å². The number of cyclic esters (lactones) is 1. The van der Waals surface area contributed by atoms with Gasteiger partial charge in [0.25, 0.3) is 15.6 Å². The number of fused-ring (bicyclic) bond motifs is 1. The summed E-state index contributed by atoms with van der Waals surface area (Å²) in [6.45, 7) is 3.12. The number of carbonyl (C=O) groups excluding carboxylic acids is 2. The average molecular weight is 627 g/mol. The molecule has 2 aromatic carbocycles. The lowest BCUT2D eigenvalue weighted by Gasteiger charge is -2.39. The van der Waals surface area contributed by atoms with Crippen LogP contribution in [0.4, 0.5) is 36.4 Å². The van der Waals surface area contributed by atoms with Crippen LogP contribution in [-0.4, -0.2) is 55.4 Å². The molecule has 4 rings (SSSR count). The number of aryl methyl sites for hydroxylation is 1. The van der Waals surface area contributed by atoms with Crippen LogP contribution < -0.4 is 9.62 Å². The van der Waals surface area contributed by atoms with Crippen LogP contribution >= 0.6 is 0 Å². The van der Waals surface area contributed by atoms with E-state index in [1.54, 1.807) is 13.8 Å². The number of amides is 1. The largest absolute Gasteiger partial charge is 0.457 e. The van der Waals surface area contributed by atoms with Crippen LogP contribution in [0.2, 0.25) is 0 Å². The predicted octanol–water partition coefficient (Wildman–Crippen LogP) is 4.25. The summed E-state index contributed by atoms with van der Waals surface area (Å²) in [7, 11) is -4.65. The number of ether oxygens (including phenoxy) is 1. The van der Waals surface area contributed by atoms with Crippen molar-refractivity contribution in [1.29, 1.82) is 0 Å². The van der Waals surface area contributed by atoms with Gasteiger partial charge in [-0.3, -0.25) is 13.9 Å². The Kier molecular flexibility index (Phi) is 7.81. The number of rotatable bonds is 6. The minimum atomic E-state index is -6.16. The number of nitrogens with one attached hydrogen (secondary N) is 1. The zero-order valence-corrected chi connectivity index (χ0v) is 22.8. The van der Waals surface area contributed by atoms with Crippen molar-refractivity contribution in [2.45, 2.75) is 80.1 Å². The Labute approximate surface area is 235 Å². The Morgan fingerprint density at radius 2 is 1.67 bits per heavy atom. The van der Waals surface area contributed by atoms with Crippen molar-refractivity contribution in [2.75, 3.05) is 4.31 Å². The molecular formula is C26H25F7N2O6S. The first kappa shape index (κ1) is 31.5. The van der Waals surface area contributed by atoms with Gasteiger partial charge in [0.05, 0.1) is 29.1 Å². The molecule has 1 saturated heterocycles. The molecule has 230 valence electrons. The van der Waals surface area contributed by atoms with Gasteiger partial charge in [0.15, 0.2) is 0 Å². The molecule has 0 aliphatic carbocycles. The topological polar surface area (TPSA) is 113 Å². The number of hydrogen-bond donors (Lipinski definition) is 2. The zero-order valence-electron chi connectivity index (χ0n) is 22.0. The van der Waals surface area contributed by atoms with E-state index in [4.69, 9.17) is 4.74 Å². The molecule has 2 atom stereocenters. The molecule has 0 bridgehead atoms. The second kappa shape index (κ2) is 10.4. The molecule has 1 fully saturated rings. The van der Waals surface area contributed by atoms with Gasteiger partial charge in [-0.15, -0.1) is 0 Å². The smallest absolute Gasteiger partial charge is 0.430 e. The number of esters is 1. The van der Waals surface area contributed by atoms with E-state index in [-0.39, 0.29) is 30.5 Å². The van der Waals surface area contributed by atoms with Crippen molar-refractivity contribution in [3.63, 3.8) is 0 Å². The average Bonchev–Trinajstić information content (AvgIpc) is 3.11. The van der Waals surface area contributed by atoms with Gasteiger partial charge in [-0.2, -0.15) is 26.3 Å². The van der Waals surface area contributed by atoms with Gasteiger partial charge < -0.3 is 15.2 Å². The zero-order chi connectivity index (χ0) is 31.5. The number of alkyl halides is 6. The fourth-order valence-corrected chi connectivity index (χ4v) is 6.81. The van der Waals surface area contributed by atoms with E-state index in [0.29, 0.717) is 22.5 Å². The highest BCUT2D eigenvalue weighted by molar-refractivity contribution is 7.92. The predicted molar refractivity (Wildman–Crippen MR) is 132 cm³/mol. The summed E-state index contributed by atoms with van der Waals surface area (Å²) in [5.41, 5.74) is -8.45. The van der Waals surface area contributed by atoms with Crippen molar-refractivity contribution in [2.24, 2.45) is 0 Å². The molecule has 0 aromatic heterocycles. The number of aliphatic hydroxyl groups is 1. The molecule has 1 amide bonds. The monoisotopic (exact) mass is 626 g/mol. The third kappa shape index (κ3) is 5.53. The highest BCUT2D eigenvalue weighted by Gasteiger charge is 2.71. The Hall–Kier alpha value is -3.40. The quantitative estimate of drug-likeness (QED) is 0.367. The molecule has 2 heterocycles. The summed E-state index contributed by atoms with van der Waals surface area (Å²) in [6.07, 6.45) is -13.4. The maximum absolute atomic E-state index is 13.7. The van der Waals surface area contributed by atoms with Crippen LogP contribution in [0.15, 0.2) is 47.4 Å². The Morgan fingerprint density at radius 3 is 2.19 bits per heavy atom. The standard InChI is InChI=1S/C26H25F7N2O6S/c1-23(2)20(13-22(37)41-23)34-21(36)12-17-7-3-14-11-15(24(38,25(28,29)30)26(31,32)33)4-10-19(14)35(17)42(39,40)18-8-5-16(27)6-9-18/h4-6,8-11,17,20,38H,3,7,12-13H2,1-2H3,(H,34,36)/t17-,20?/m1/s1. The molecule has 0 radical (unpaired) electrons. The number of hydrogen-bond acceptors (Lipinski definition) is 6. The number of carbonyl (C=O) groups is 2. The first-order valence-electron chi connectivity index (χ1n) is 12.5. The maximum Gasteiger partial charge on any atom is 0.430 e. The number of sulfonamides is 1. The van der Waals surface area contributed by atoms with Crippen molar-refractivity contribution < 1.29 is 58.6 Å². The SMILES string of the molecule is CC1(C)OC(=O)CC1NC(=O)C[C@H]1CCc2cc(C(O)(C(F)(F)F)C(F)(F)F)ccc2N1S(=O)(=O)c1ccc(F)cc1. The molecule has 2 aliphatic rings. The van der Waals surface area contributed by atoms with Crippen LogP contribution in [0.3, 0.4) is 0 Å². The van der Waals surface area contributed by atoms with E-state index >= 15 is 0 Å². The Bertz CT molecular complexity index is 1480. The Morgan fingerprint density at radius 1 is 1.07 bits per heavy atom. The third-order valence-electron chi connectivity index (χ3n) is 7.35. The van der Waals surface area contributed by atoms with Gasteiger partial charge in [0.2, 0.25) is 5.91 Å². The second-order valence-electron chi connectivity index (χ2n) is 10.6. The van der Waals surface area contributed by atoms with Crippen molar-refractivity contribution in [3.8, 4) is 0 Å². The first-order valence-corrected chi connectivity index (χ1v) is 13.9. The summed E-state index contributed by atoms with van der Waals surface area (Å²) in [5, 5.41) is 12.5. The minimum absolute atomic E-state index is 0.145. The van der Waals surface area contributed by atoms with E-state index in [1.165, 1.54) is 0 Å². The van der Waals surface area contributed by atoms with Gasteiger partial charge in [-0.25, -0.2) is 12.8 Å². The summed E-state index contributed by atoms with van der Waals surface area (Å²) in [5.74, 6) is -2.03. The second-order valence-corrected chi connectivity index (χ2v) is 12.4. The lowest BCUT2D eigenvalue weighted by Crippen LogP contribution is -2.54. The summed E-state index contributed by atoms with van der Waals surface area (Å²) in [4.78, 5) is 24.3. The summed E-state index contributed by atoms with van der Waals surface area (Å²) in [6, 6.07) is 3.04. The fourth-order valence-electron chi connectivity index (χ4n) is 5.09. The molecule has 1 unspecified atom stereocenters. The van der Waals surface area contributed by atoms with Gasteiger partial charge in [0, 0.05) is 12.0 Å². The third-order valence-corrected chi connectivity index (χ3v) is 9.23. The Balaban J connectivity index is 1.76. The molecule has 0 saturated carbocycles. The van der Waals surface area contributed by atoms with Crippen LogP contribution in [0.5, 0.6) is 0 Å². The van der Waals surface area contributed by atoms with Crippen LogP contribution in [0.1, 0.15) is 44.2 Å². The van der Waals surface area contributed by atoms with Crippen LogP contribution in [0.25, 0.3) is 0 Å². The maximum atomic E-state index is 13.7. The molecule has 0 spiro atoms. The van der Waals surface area contributed by atoms with E-state index in [0.717, 1.165) is 24.3 Å².